The summed E-state index contributed by atoms with van der Waals surface area (Å²) in [5, 5.41) is 11.4. The van der Waals surface area contributed by atoms with Gasteiger partial charge in [0.25, 0.3) is 0 Å². The lowest BCUT2D eigenvalue weighted by Gasteiger charge is -2.23. The highest BCUT2D eigenvalue weighted by atomic mass is 16.4. The van der Waals surface area contributed by atoms with E-state index in [1.165, 1.54) is 0 Å². The Labute approximate surface area is 108 Å². The summed E-state index contributed by atoms with van der Waals surface area (Å²) >= 11 is 0. The molecule has 0 saturated carbocycles. The first-order valence-electron chi connectivity index (χ1n) is 6.37. The van der Waals surface area contributed by atoms with Gasteiger partial charge in [-0.3, -0.25) is 0 Å². The predicted octanol–water partition coefficient (Wildman–Crippen LogP) is 0.443. The van der Waals surface area contributed by atoms with Crippen LogP contribution in [0.1, 0.15) is 19.8 Å². The summed E-state index contributed by atoms with van der Waals surface area (Å²) in [7, 11) is 3.78. The molecule has 6 nitrogen and oxygen atoms in total. The maximum Gasteiger partial charge on any atom is 0.326 e. The van der Waals surface area contributed by atoms with Crippen LogP contribution in [0.15, 0.2) is 0 Å². The fourth-order valence-electron chi connectivity index (χ4n) is 2.24. The molecule has 0 spiro atoms. The molecule has 6 heteroatoms. The van der Waals surface area contributed by atoms with Crippen LogP contribution in [0.4, 0.5) is 4.79 Å². The summed E-state index contributed by atoms with van der Waals surface area (Å²) in [6.07, 6.45) is 1.48. The molecule has 1 rings (SSSR count). The summed E-state index contributed by atoms with van der Waals surface area (Å²) in [6, 6.07) is -1.11. The molecule has 0 aromatic heterocycles. The Morgan fingerprint density at radius 3 is 2.67 bits per heavy atom. The predicted molar refractivity (Wildman–Crippen MR) is 68.5 cm³/mol. The first-order chi connectivity index (χ1) is 8.43. The van der Waals surface area contributed by atoms with Gasteiger partial charge in [-0.2, -0.15) is 0 Å². The maximum absolute atomic E-state index is 11.8. The standard InChI is InChI=1S/C12H23N3O3/c1-4-10(11(16)17)13-12(18)15(3)8-9-5-6-14(2)7-9/h9-10H,4-8H2,1-3H3,(H,13,18)(H,16,17)/t9?,10-/m1/s1. The zero-order valence-electron chi connectivity index (χ0n) is 11.3. The molecule has 1 heterocycles. The van der Waals surface area contributed by atoms with Gasteiger partial charge in [0.05, 0.1) is 0 Å². The molecule has 1 unspecified atom stereocenters. The normalized spacial score (nSPS) is 21.6. The first-order valence-corrected chi connectivity index (χ1v) is 6.37. The topological polar surface area (TPSA) is 72.9 Å². The number of hydrogen-bond donors (Lipinski definition) is 2. The number of urea groups is 1. The van der Waals surface area contributed by atoms with Gasteiger partial charge in [-0.05, 0) is 32.4 Å². The molecule has 0 radical (unpaired) electrons. The van der Waals surface area contributed by atoms with Gasteiger partial charge in [0, 0.05) is 20.1 Å². The molecule has 104 valence electrons. The number of nitrogens with zero attached hydrogens (tertiary/aromatic N) is 2. The summed E-state index contributed by atoms with van der Waals surface area (Å²) in [6.45, 7) is 4.47. The highest BCUT2D eigenvalue weighted by Crippen LogP contribution is 2.15. The highest BCUT2D eigenvalue weighted by Gasteiger charge is 2.24. The lowest BCUT2D eigenvalue weighted by molar-refractivity contribution is -0.139. The number of carboxylic acids is 1. The van der Waals surface area contributed by atoms with E-state index in [4.69, 9.17) is 5.11 Å². The van der Waals surface area contributed by atoms with E-state index in [2.05, 4.69) is 17.3 Å². The van der Waals surface area contributed by atoms with Crippen molar-refractivity contribution in [1.82, 2.24) is 15.1 Å². The Kier molecular flexibility index (Phi) is 5.40. The monoisotopic (exact) mass is 257 g/mol. The van der Waals surface area contributed by atoms with Gasteiger partial charge in [0.1, 0.15) is 6.04 Å². The van der Waals surface area contributed by atoms with E-state index in [0.29, 0.717) is 18.9 Å². The number of nitrogens with one attached hydrogen (secondary N) is 1. The van der Waals surface area contributed by atoms with Gasteiger partial charge >= 0.3 is 12.0 Å². The second-order valence-corrected chi connectivity index (χ2v) is 5.05. The Hall–Kier alpha value is -1.30. The molecule has 2 atom stereocenters. The lowest BCUT2D eigenvalue weighted by Crippen LogP contribution is -2.47. The molecular weight excluding hydrogens is 234 g/mol. The fraction of sp³-hybridized carbons (Fsp3) is 0.833. The third-order valence-corrected chi connectivity index (χ3v) is 3.37. The smallest absolute Gasteiger partial charge is 0.326 e. The lowest BCUT2D eigenvalue weighted by atomic mass is 10.1. The fourth-order valence-corrected chi connectivity index (χ4v) is 2.24. The van der Waals surface area contributed by atoms with Gasteiger partial charge in [-0.15, -0.1) is 0 Å². The van der Waals surface area contributed by atoms with E-state index in [1.54, 1.807) is 18.9 Å². The van der Waals surface area contributed by atoms with Gasteiger partial charge in [0.2, 0.25) is 0 Å². The third kappa shape index (κ3) is 4.18. The first kappa shape index (κ1) is 14.8. The van der Waals surface area contributed by atoms with Crippen molar-refractivity contribution in [3.05, 3.63) is 0 Å². The van der Waals surface area contributed by atoms with Gasteiger partial charge < -0.3 is 20.2 Å². The van der Waals surface area contributed by atoms with Crippen LogP contribution < -0.4 is 5.32 Å². The van der Waals surface area contributed by atoms with E-state index in [1.807, 2.05) is 0 Å². The number of rotatable bonds is 5. The number of likely N-dealkylation sites (tertiary alicyclic amines) is 1. The van der Waals surface area contributed by atoms with Crippen molar-refractivity contribution in [2.75, 3.05) is 33.7 Å². The molecule has 1 aliphatic rings. The SMILES string of the molecule is CC[C@@H](NC(=O)N(C)CC1CCN(C)C1)C(=O)O. The van der Waals surface area contributed by atoms with Crippen LogP contribution >= 0.6 is 0 Å². The molecule has 2 amide bonds. The molecule has 0 bridgehead atoms. The number of amides is 2. The van der Waals surface area contributed by atoms with E-state index in [0.717, 1.165) is 19.5 Å². The zero-order chi connectivity index (χ0) is 13.7. The highest BCUT2D eigenvalue weighted by molar-refractivity contribution is 5.82. The summed E-state index contributed by atoms with van der Waals surface area (Å²) in [5.74, 6) is -0.504. The van der Waals surface area contributed by atoms with Crippen LogP contribution in [0, 0.1) is 5.92 Å². The second kappa shape index (κ2) is 6.58. The van der Waals surface area contributed by atoms with Crippen LogP contribution in [0.2, 0.25) is 0 Å². The quantitative estimate of drug-likeness (QED) is 0.749. The maximum atomic E-state index is 11.8. The molecule has 0 aliphatic carbocycles. The van der Waals surface area contributed by atoms with Crippen molar-refractivity contribution in [2.45, 2.75) is 25.8 Å². The van der Waals surface area contributed by atoms with Crippen LogP contribution in [0.3, 0.4) is 0 Å². The number of carbonyl (C=O) groups is 2. The summed E-state index contributed by atoms with van der Waals surface area (Å²) < 4.78 is 0. The van der Waals surface area contributed by atoms with Crippen LogP contribution in [0.5, 0.6) is 0 Å². The van der Waals surface area contributed by atoms with Crippen molar-refractivity contribution >= 4 is 12.0 Å². The van der Waals surface area contributed by atoms with Crippen molar-refractivity contribution < 1.29 is 14.7 Å². The summed E-state index contributed by atoms with van der Waals surface area (Å²) in [5.41, 5.74) is 0. The van der Waals surface area contributed by atoms with Crippen molar-refractivity contribution in [2.24, 2.45) is 5.92 Å². The molecule has 1 aliphatic heterocycles. The average molecular weight is 257 g/mol. The summed E-state index contributed by atoms with van der Waals surface area (Å²) in [4.78, 5) is 26.5. The van der Waals surface area contributed by atoms with Crippen LogP contribution in [0.25, 0.3) is 0 Å². The van der Waals surface area contributed by atoms with Crippen LogP contribution in [-0.4, -0.2) is 66.7 Å². The van der Waals surface area contributed by atoms with E-state index in [9.17, 15) is 9.59 Å². The van der Waals surface area contributed by atoms with Crippen molar-refractivity contribution in [3.63, 3.8) is 0 Å². The Morgan fingerprint density at radius 2 is 2.22 bits per heavy atom. The number of carbonyl (C=O) groups excluding carboxylic acids is 1. The number of aliphatic carboxylic acids is 1. The molecule has 2 N–H and O–H groups in total. The van der Waals surface area contributed by atoms with E-state index < -0.39 is 12.0 Å². The average Bonchev–Trinajstić information content (AvgIpc) is 2.70. The van der Waals surface area contributed by atoms with Gasteiger partial charge in [-0.25, -0.2) is 9.59 Å². The molecule has 1 fully saturated rings. The van der Waals surface area contributed by atoms with E-state index in [-0.39, 0.29) is 6.03 Å². The molecular formula is C12H23N3O3. The van der Waals surface area contributed by atoms with E-state index >= 15 is 0 Å². The number of hydrogen-bond acceptors (Lipinski definition) is 3. The largest absolute Gasteiger partial charge is 0.480 e. The Morgan fingerprint density at radius 1 is 1.56 bits per heavy atom. The zero-order valence-corrected chi connectivity index (χ0v) is 11.3. The molecule has 1 saturated heterocycles. The van der Waals surface area contributed by atoms with Gasteiger partial charge in [-0.1, -0.05) is 6.92 Å². The minimum absolute atomic E-state index is 0.307. The molecule has 0 aromatic carbocycles. The Bertz CT molecular complexity index is 309. The van der Waals surface area contributed by atoms with Gasteiger partial charge in [0.15, 0.2) is 0 Å². The molecule has 18 heavy (non-hydrogen) atoms. The molecule has 0 aromatic rings. The van der Waals surface area contributed by atoms with Crippen molar-refractivity contribution in [3.8, 4) is 0 Å². The van der Waals surface area contributed by atoms with Crippen LogP contribution in [-0.2, 0) is 4.79 Å². The number of carboxylic acid groups (broad SMARTS) is 1. The van der Waals surface area contributed by atoms with Crippen molar-refractivity contribution in [1.29, 1.82) is 0 Å². The minimum Gasteiger partial charge on any atom is -0.480 e. The second-order valence-electron chi connectivity index (χ2n) is 5.05. The third-order valence-electron chi connectivity index (χ3n) is 3.37. The Balaban J connectivity index is 2.38. The minimum atomic E-state index is -0.986.